The van der Waals surface area contributed by atoms with Crippen LogP contribution in [0.15, 0.2) is 30.9 Å². The van der Waals surface area contributed by atoms with E-state index in [4.69, 9.17) is 0 Å². The van der Waals surface area contributed by atoms with Gasteiger partial charge in [0, 0.05) is 57.6 Å². The second-order valence-electron chi connectivity index (χ2n) is 7.64. The number of nitrogens with zero attached hydrogens (tertiary/aromatic N) is 7. The number of aromatic nitrogens is 6. The van der Waals surface area contributed by atoms with Crippen LogP contribution in [0, 0.1) is 6.92 Å². The van der Waals surface area contributed by atoms with Crippen LogP contribution in [0.3, 0.4) is 0 Å². The average molecular weight is 438 g/mol. The van der Waals surface area contributed by atoms with E-state index < -0.39 is 0 Å². The van der Waals surface area contributed by atoms with Crippen LogP contribution in [-0.2, 0) is 11.3 Å². The van der Waals surface area contributed by atoms with Crippen molar-refractivity contribution in [3.8, 4) is 11.3 Å². The summed E-state index contributed by atoms with van der Waals surface area (Å²) in [5.41, 5.74) is 4.55. The second-order valence-corrected chi connectivity index (χ2v) is 8.45. The van der Waals surface area contributed by atoms with E-state index in [9.17, 15) is 4.79 Å². The largest absolute Gasteiger partial charge is 0.340 e. The van der Waals surface area contributed by atoms with Crippen LogP contribution in [0.2, 0.25) is 0 Å². The van der Waals surface area contributed by atoms with E-state index in [-0.39, 0.29) is 5.91 Å². The molecule has 1 saturated heterocycles. The predicted octanol–water partition coefficient (Wildman–Crippen LogP) is 2.29. The lowest BCUT2D eigenvalue weighted by Crippen LogP contribution is -2.47. The van der Waals surface area contributed by atoms with Gasteiger partial charge in [-0.15, -0.1) is 0 Å². The average Bonchev–Trinajstić information content (AvgIpc) is 3.49. The van der Waals surface area contributed by atoms with Gasteiger partial charge in [0.25, 0.3) is 0 Å². The number of carbonyl (C=O) groups is 1. The smallest absolute Gasteiger partial charge is 0.219 e. The zero-order valence-electron chi connectivity index (χ0n) is 17.4. The van der Waals surface area contributed by atoms with Crippen molar-refractivity contribution in [3.63, 3.8) is 0 Å². The highest BCUT2D eigenvalue weighted by Gasteiger charge is 2.20. The lowest BCUT2D eigenvalue weighted by molar-refractivity contribution is -0.130. The molecule has 4 aromatic heterocycles. The number of piperazine rings is 1. The van der Waals surface area contributed by atoms with Crippen molar-refractivity contribution >= 4 is 33.9 Å². The van der Waals surface area contributed by atoms with Crippen molar-refractivity contribution in [1.82, 2.24) is 38.7 Å². The van der Waals surface area contributed by atoms with Crippen LogP contribution in [0.5, 0.6) is 0 Å². The molecule has 1 aliphatic heterocycles. The molecule has 0 saturated carbocycles. The van der Waals surface area contributed by atoms with Crippen LogP contribution < -0.4 is 5.32 Å². The number of carbonyl (C=O) groups excluding carboxylic acids is 1. The Balaban J connectivity index is 1.32. The van der Waals surface area contributed by atoms with E-state index in [2.05, 4.69) is 40.8 Å². The Morgan fingerprint density at radius 3 is 2.84 bits per heavy atom. The topological polar surface area (TPSA) is 107 Å². The Kier molecular flexibility index (Phi) is 5.12. The van der Waals surface area contributed by atoms with Gasteiger partial charge in [-0.05, 0) is 24.5 Å². The number of imidazole rings is 1. The maximum absolute atomic E-state index is 11.5. The zero-order chi connectivity index (χ0) is 21.4. The molecule has 10 nitrogen and oxygen atoms in total. The molecule has 0 unspecified atom stereocenters. The molecule has 4 aromatic rings. The van der Waals surface area contributed by atoms with Gasteiger partial charge < -0.3 is 10.2 Å². The van der Waals surface area contributed by atoms with Crippen molar-refractivity contribution in [1.29, 1.82) is 0 Å². The van der Waals surface area contributed by atoms with Crippen molar-refractivity contribution in [2.24, 2.45) is 0 Å². The number of fused-ring (bicyclic) bond motifs is 1. The fourth-order valence-corrected chi connectivity index (χ4v) is 4.47. The van der Waals surface area contributed by atoms with Crippen LogP contribution >= 0.6 is 11.5 Å². The fraction of sp³-hybridized carbons (Fsp3) is 0.350. The molecule has 0 radical (unpaired) electrons. The minimum atomic E-state index is 0.145. The Labute approximate surface area is 183 Å². The summed E-state index contributed by atoms with van der Waals surface area (Å²) in [6.07, 6.45) is 7.41. The van der Waals surface area contributed by atoms with E-state index in [1.54, 1.807) is 13.1 Å². The van der Waals surface area contributed by atoms with Gasteiger partial charge in [-0.1, -0.05) is 0 Å². The fourth-order valence-electron chi connectivity index (χ4n) is 3.81. The molecule has 11 heteroatoms. The minimum absolute atomic E-state index is 0.145. The number of hydrogen-bond donors (Lipinski definition) is 2. The molecule has 5 heterocycles. The molecule has 5 rings (SSSR count). The highest BCUT2D eigenvalue weighted by Crippen LogP contribution is 2.27. The van der Waals surface area contributed by atoms with Gasteiger partial charge in [-0.25, -0.2) is 9.97 Å². The summed E-state index contributed by atoms with van der Waals surface area (Å²) < 4.78 is 6.62. The van der Waals surface area contributed by atoms with Gasteiger partial charge in [0.2, 0.25) is 5.91 Å². The van der Waals surface area contributed by atoms with E-state index in [1.165, 1.54) is 11.5 Å². The lowest BCUT2D eigenvalue weighted by atomic mass is 10.3. The molecule has 0 aromatic carbocycles. The summed E-state index contributed by atoms with van der Waals surface area (Å²) in [6, 6.07) is 2.06. The summed E-state index contributed by atoms with van der Waals surface area (Å²) >= 11 is 1.41. The Morgan fingerprint density at radius 2 is 2.10 bits per heavy atom. The highest BCUT2D eigenvalue weighted by atomic mass is 32.1. The number of aryl methyl sites for hydroxylation is 1. The van der Waals surface area contributed by atoms with Crippen molar-refractivity contribution < 1.29 is 4.79 Å². The van der Waals surface area contributed by atoms with Gasteiger partial charge in [-0.3, -0.25) is 19.2 Å². The van der Waals surface area contributed by atoms with Crippen LogP contribution in [0.1, 0.15) is 18.3 Å². The number of amides is 1. The SMILES string of the molecule is CC(=O)N1CCN(Cc2cc(Nc3nc(C)cn4c(-c5cn[nH]c5)cnc34)sn2)CC1. The number of anilines is 2. The Morgan fingerprint density at radius 1 is 1.26 bits per heavy atom. The minimum Gasteiger partial charge on any atom is -0.340 e. The van der Waals surface area contributed by atoms with E-state index in [1.807, 2.05) is 34.8 Å². The first-order valence-electron chi connectivity index (χ1n) is 10.1. The standard InChI is InChI=1S/C20H23N9OS/c1-13-11-29-17(15-8-22-23-9-15)10-21-20(29)19(24-13)25-18-7-16(26-31-18)12-27-3-5-28(6-4-27)14(2)30/h7-11H,3-6,12H2,1-2H3,(H,22,23)(H,24,25). The van der Waals surface area contributed by atoms with Gasteiger partial charge >= 0.3 is 0 Å². The molecular formula is C20H23N9OS. The number of rotatable bonds is 5. The molecule has 2 N–H and O–H groups in total. The zero-order valence-corrected chi connectivity index (χ0v) is 18.2. The van der Waals surface area contributed by atoms with Gasteiger partial charge in [-0.2, -0.15) is 9.47 Å². The third-order valence-corrected chi connectivity index (χ3v) is 6.15. The molecule has 160 valence electrons. The molecule has 0 spiro atoms. The van der Waals surface area contributed by atoms with Crippen LogP contribution in [0.25, 0.3) is 16.9 Å². The quantitative estimate of drug-likeness (QED) is 0.493. The molecule has 0 bridgehead atoms. The van der Waals surface area contributed by atoms with Crippen molar-refractivity contribution in [2.45, 2.75) is 20.4 Å². The Bertz CT molecular complexity index is 1200. The third kappa shape index (κ3) is 4.01. The molecule has 0 atom stereocenters. The number of H-pyrrole nitrogens is 1. The number of hydrogen-bond acceptors (Lipinski definition) is 8. The first-order chi connectivity index (χ1) is 15.1. The third-order valence-electron chi connectivity index (χ3n) is 5.41. The highest BCUT2D eigenvalue weighted by molar-refractivity contribution is 7.10. The molecule has 0 aliphatic carbocycles. The molecule has 31 heavy (non-hydrogen) atoms. The van der Waals surface area contributed by atoms with E-state index >= 15 is 0 Å². The number of aromatic amines is 1. The second kappa shape index (κ2) is 8.08. The summed E-state index contributed by atoms with van der Waals surface area (Å²) in [4.78, 5) is 24.9. The molecule has 1 amide bonds. The van der Waals surface area contributed by atoms with Crippen LogP contribution in [-0.4, -0.2) is 70.8 Å². The Hall–Kier alpha value is -3.31. The first-order valence-corrected chi connectivity index (χ1v) is 10.9. The van der Waals surface area contributed by atoms with E-state index in [0.717, 1.165) is 66.0 Å². The van der Waals surface area contributed by atoms with Gasteiger partial charge in [0.1, 0.15) is 5.00 Å². The van der Waals surface area contributed by atoms with Crippen molar-refractivity contribution in [3.05, 3.63) is 42.2 Å². The molecule has 1 fully saturated rings. The maximum atomic E-state index is 11.5. The number of nitrogens with one attached hydrogen (secondary N) is 2. The van der Waals surface area contributed by atoms with Gasteiger partial charge in [0.05, 0.1) is 29.5 Å². The maximum Gasteiger partial charge on any atom is 0.219 e. The summed E-state index contributed by atoms with van der Waals surface area (Å²) in [6.45, 7) is 7.64. The predicted molar refractivity (Wildman–Crippen MR) is 118 cm³/mol. The lowest BCUT2D eigenvalue weighted by Gasteiger charge is -2.33. The van der Waals surface area contributed by atoms with Crippen LogP contribution in [0.4, 0.5) is 10.8 Å². The van der Waals surface area contributed by atoms with Gasteiger partial charge in [0.15, 0.2) is 11.5 Å². The molecular weight excluding hydrogens is 414 g/mol. The summed E-state index contributed by atoms with van der Waals surface area (Å²) in [5, 5.41) is 11.2. The summed E-state index contributed by atoms with van der Waals surface area (Å²) in [5.74, 6) is 0.840. The molecule has 1 aliphatic rings. The summed E-state index contributed by atoms with van der Waals surface area (Å²) in [7, 11) is 0. The monoisotopic (exact) mass is 437 g/mol. The van der Waals surface area contributed by atoms with E-state index in [0.29, 0.717) is 5.82 Å². The van der Waals surface area contributed by atoms with Crippen molar-refractivity contribution in [2.75, 3.05) is 31.5 Å². The normalized spacial score (nSPS) is 15.0. The first kappa shape index (κ1) is 19.6.